The number of ether oxygens (including phenoxy) is 2. The molecule has 2 nitrogen and oxygen atoms in total. The summed E-state index contributed by atoms with van der Waals surface area (Å²) in [5.41, 5.74) is 1.42. The summed E-state index contributed by atoms with van der Waals surface area (Å²) in [6.07, 6.45) is 6.06. The van der Waals surface area contributed by atoms with Gasteiger partial charge in [-0.3, -0.25) is 0 Å². The van der Waals surface area contributed by atoms with Crippen LogP contribution in [0.1, 0.15) is 64.4 Å². The van der Waals surface area contributed by atoms with Gasteiger partial charge in [-0.25, -0.2) is 0 Å². The summed E-state index contributed by atoms with van der Waals surface area (Å²) in [6, 6.07) is 6.55. The van der Waals surface area contributed by atoms with E-state index in [1.807, 2.05) is 0 Å². The Hall–Kier alpha value is -1.18. The average Bonchev–Trinajstić information content (AvgIpc) is 2.89. The fourth-order valence-corrected chi connectivity index (χ4v) is 3.05. The van der Waals surface area contributed by atoms with E-state index in [1.54, 1.807) is 0 Å². The second kappa shape index (κ2) is 7.56. The lowest BCUT2D eigenvalue weighted by Crippen LogP contribution is -2.05. The van der Waals surface area contributed by atoms with E-state index < -0.39 is 0 Å². The molecular formula is C18H28O2. The molecule has 20 heavy (non-hydrogen) atoms. The standard InChI is InChI=1S/C18H28O2/c1-4-11-19-17-10-9-15(13-18(17)20-12-5-2)16-8-6-7-14(16)3/h9-10,13-14,16H,4-8,11-12H2,1-3H3. The average molecular weight is 276 g/mol. The van der Waals surface area contributed by atoms with Crippen LogP contribution in [-0.2, 0) is 0 Å². The first-order valence-electron chi connectivity index (χ1n) is 8.15. The third-order valence-corrected chi connectivity index (χ3v) is 4.18. The molecule has 0 bridgehead atoms. The molecule has 1 fully saturated rings. The van der Waals surface area contributed by atoms with Gasteiger partial charge in [-0.15, -0.1) is 0 Å². The fourth-order valence-electron chi connectivity index (χ4n) is 3.05. The minimum atomic E-state index is 0.694. The maximum atomic E-state index is 5.89. The van der Waals surface area contributed by atoms with Crippen LogP contribution >= 0.6 is 0 Å². The van der Waals surface area contributed by atoms with Crippen LogP contribution in [0.15, 0.2) is 18.2 Å². The van der Waals surface area contributed by atoms with Crippen molar-refractivity contribution in [2.24, 2.45) is 5.92 Å². The lowest BCUT2D eigenvalue weighted by atomic mass is 9.90. The van der Waals surface area contributed by atoms with Crippen LogP contribution in [0, 0.1) is 5.92 Å². The van der Waals surface area contributed by atoms with Crippen LogP contribution < -0.4 is 9.47 Å². The Labute approximate surface area is 123 Å². The maximum absolute atomic E-state index is 5.89. The summed E-state index contributed by atoms with van der Waals surface area (Å²) in [5.74, 6) is 3.31. The molecule has 0 aliphatic heterocycles. The summed E-state index contributed by atoms with van der Waals surface area (Å²) < 4.78 is 11.7. The molecule has 1 aromatic rings. The maximum Gasteiger partial charge on any atom is 0.161 e. The van der Waals surface area contributed by atoms with Crippen molar-refractivity contribution < 1.29 is 9.47 Å². The molecule has 2 rings (SSSR count). The van der Waals surface area contributed by atoms with Crippen molar-refractivity contribution in [2.75, 3.05) is 13.2 Å². The molecule has 1 aromatic carbocycles. The summed E-state index contributed by atoms with van der Waals surface area (Å²) in [7, 11) is 0. The van der Waals surface area contributed by atoms with Gasteiger partial charge in [0.15, 0.2) is 11.5 Å². The quantitative estimate of drug-likeness (QED) is 0.684. The smallest absolute Gasteiger partial charge is 0.161 e. The summed E-state index contributed by atoms with van der Waals surface area (Å²) in [5, 5.41) is 0. The Kier molecular flexibility index (Phi) is 5.75. The zero-order valence-corrected chi connectivity index (χ0v) is 13.2. The third kappa shape index (κ3) is 3.68. The van der Waals surface area contributed by atoms with Gasteiger partial charge in [-0.05, 0) is 48.8 Å². The molecule has 2 heteroatoms. The van der Waals surface area contributed by atoms with Gasteiger partial charge in [-0.1, -0.05) is 39.7 Å². The molecule has 112 valence electrons. The lowest BCUT2D eigenvalue weighted by molar-refractivity contribution is 0.268. The first kappa shape index (κ1) is 15.2. The van der Waals surface area contributed by atoms with Gasteiger partial charge in [0, 0.05) is 0 Å². The van der Waals surface area contributed by atoms with Gasteiger partial charge in [0.1, 0.15) is 0 Å². The Balaban J connectivity index is 2.17. The lowest BCUT2D eigenvalue weighted by Gasteiger charge is -2.19. The minimum Gasteiger partial charge on any atom is -0.490 e. The van der Waals surface area contributed by atoms with Gasteiger partial charge in [-0.2, -0.15) is 0 Å². The molecule has 2 unspecified atom stereocenters. The van der Waals surface area contributed by atoms with Crippen LogP contribution in [0.2, 0.25) is 0 Å². The molecule has 0 aromatic heterocycles. The largest absolute Gasteiger partial charge is 0.490 e. The molecule has 0 saturated heterocycles. The van der Waals surface area contributed by atoms with Crippen molar-refractivity contribution in [3.8, 4) is 11.5 Å². The summed E-state index contributed by atoms with van der Waals surface area (Å²) in [4.78, 5) is 0. The van der Waals surface area contributed by atoms with Crippen molar-refractivity contribution in [3.63, 3.8) is 0 Å². The Bertz CT molecular complexity index is 414. The van der Waals surface area contributed by atoms with Gasteiger partial charge in [0.05, 0.1) is 13.2 Å². The molecule has 2 atom stereocenters. The molecule has 0 N–H and O–H groups in total. The van der Waals surface area contributed by atoms with Gasteiger partial charge >= 0.3 is 0 Å². The molecule has 1 saturated carbocycles. The number of hydrogen-bond donors (Lipinski definition) is 0. The number of rotatable bonds is 7. The molecule has 0 radical (unpaired) electrons. The van der Waals surface area contributed by atoms with Crippen molar-refractivity contribution in [3.05, 3.63) is 23.8 Å². The highest BCUT2D eigenvalue weighted by Crippen LogP contribution is 2.41. The van der Waals surface area contributed by atoms with E-state index in [1.165, 1.54) is 24.8 Å². The molecule has 1 aliphatic rings. The SMILES string of the molecule is CCCOc1ccc(C2CCCC2C)cc1OCCC. The molecule has 0 amide bonds. The monoisotopic (exact) mass is 276 g/mol. The van der Waals surface area contributed by atoms with Crippen LogP contribution in [-0.4, -0.2) is 13.2 Å². The second-order valence-corrected chi connectivity index (χ2v) is 5.92. The highest BCUT2D eigenvalue weighted by atomic mass is 16.5. The summed E-state index contributed by atoms with van der Waals surface area (Å²) >= 11 is 0. The van der Waals surface area contributed by atoms with E-state index in [2.05, 4.69) is 39.0 Å². The van der Waals surface area contributed by atoms with Crippen LogP contribution in [0.5, 0.6) is 11.5 Å². The van der Waals surface area contributed by atoms with E-state index >= 15 is 0 Å². The predicted octanol–water partition coefficient (Wildman–Crippen LogP) is 5.17. The zero-order valence-electron chi connectivity index (χ0n) is 13.2. The normalized spacial score (nSPS) is 21.9. The third-order valence-electron chi connectivity index (χ3n) is 4.18. The van der Waals surface area contributed by atoms with E-state index in [4.69, 9.17) is 9.47 Å². The molecular weight excluding hydrogens is 248 g/mol. The van der Waals surface area contributed by atoms with Crippen molar-refractivity contribution in [2.45, 2.75) is 58.8 Å². The van der Waals surface area contributed by atoms with Crippen LogP contribution in [0.25, 0.3) is 0 Å². The van der Waals surface area contributed by atoms with Crippen LogP contribution in [0.3, 0.4) is 0 Å². The minimum absolute atomic E-state index is 0.694. The van der Waals surface area contributed by atoms with Gasteiger partial charge in [0.25, 0.3) is 0 Å². The van der Waals surface area contributed by atoms with E-state index in [0.717, 1.165) is 43.5 Å². The number of benzene rings is 1. The van der Waals surface area contributed by atoms with E-state index in [9.17, 15) is 0 Å². The highest BCUT2D eigenvalue weighted by molar-refractivity contribution is 5.44. The number of hydrogen-bond acceptors (Lipinski definition) is 2. The topological polar surface area (TPSA) is 18.5 Å². The van der Waals surface area contributed by atoms with Crippen molar-refractivity contribution in [1.82, 2.24) is 0 Å². The van der Waals surface area contributed by atoms with Crippen molar-refractivity contribution in [1.29, 1.82) is 0 Å². The first-order valence-corrected chi connectivity index (χ1v) is 8.15. The van der Waals surface area contributed by atoms with Crippen molar-refractivity contribution >= 4 is 0 Å². The van der Waals surface area contributed by atoms with Crippen LogP contribution in [0.4, 0.5) is 0 Å². The van der Waals surface area contributed by atoms with Gasteiger partial charge in [0.2, 0.25) is 0 Å². The predicted molar refractivity (Wildman–Crippen MR) is 83.8 cm³/mol. The van der Waals surface area contributed by atoms with Gasteiger partial charge < -0.3 is 9.47 Å². The molecule has 1 aliphatic carbocycles. The van der Waals surface area contributed by atoms with E-state index in [0.29, 0.717) is 5.92 Å². The first-order chi connectivity index (χ1) is 9.76. The Morgan fingerprint density at radius 2 is 1.70 bits per heavy atom. The van der Waals surface area contributed by atoms with E-state index in [-0.39, 0.29) is 0 Å². The molecule has 0 spiro atoms. The highest BCUT2D eigenvalue weighted by Gasteiger charge is 2.25. The fraction of sp³-hybridized carbons (Fsp3) is 0.667. The second-order valence-electron chi connectivity index (χ2n) is 5.92. The Morgan fingerprint density at radius 3 is 2.30 bits per heavy atom. The zero-order chi connectivity index (χ0) is 14.4. The molecule has 0 heterocycles. The summed E-state index contributed by atoms with van der Waals surface area (Å²) in [6.45, 7) is 8.14. The Morgan fingerprint density at radius 1 is 1.00 bits per heavy atom.